The third kappa shape index (κ3) is 7.13. The Kier molecular flexibility index (Phi) is 9.78. The molecule has 0 aliphatic heterocycles. The molecular weight excluding hydrogens is 520 g/mol. The Morgan fingerprint density at radius 3 is 2.00 bits per heavy atom. The molecule has 0 N–H and O–H groups in total. The molecule has 0 aliphatic rings. The van der Waals surface area contributed by atoms with Crippen LogP contribution >= 0.6 is 0 Å². The SMILES string of the molecule is COC(=O)c1cc(C)c(OC(=O)c2c3cc(OC)ccc3nc3ccc(OCCCCCCN(C)C)cc23)c(C)c1. The molecule has 1 aromatic heterocycles. The number of aromatic nitrogens is 1. The summed E-state index contributed by atoms with van der Waals surface area (Å²) in [4.78, 5) is 33.0. The van der Waals surface area contributed by atoms with Crippen molar-refractivity contribution < 1.29 is 28.5 Å². The van der Waals surface area contributed by atoms with Crippen LogP contribution in [0.15, 0.2) is 48.5 Å². The van der Waals surface area contributed by atoms with Gasteiger partial charge in [0, 0.05) is 10.8 Å². The highest BCUT2D eigenvalue weighted by Gasteiger charge is 2.22. The van der Waals surface area contributed by atoms with Crippen LogP contribution in [0.2, 0.25) is 0 Å². The van der Waals surface area contributed by atoms with E-state index in [1.807, 2.05) is 30.3 Å². The van der Waals surface area contributed by atoms with Crippen molar-refractivity contribution in [1.82, 2.24) is 9.88 Å². The van der Waals surface area contributed by atoms with E-state index in [1.165, 1.54) is 13.5 Å². The number of hydrogen-bond donors (Lipinski definition) is 0. The molecule has 216 valence electrons. The van der Waals surface area contributed by atoms with Gasteiger partial charge in [-0.15, -0.1) is 0 Å². The summed E-state index contributed by atoms with van der Waals surface area (Å²) < 4.78 is 22.4. The highest BCUT2D eigenvalue weighted by molar-refractivity contribution is 6.15. The van der Waals surface area contributed by atoms with E-state index in [4.69, 9.17) is 23.9 Å². The molecule has 0 aliphatic carbocycles. The van der Waals surface area contributed by atoms with Gasteiger partial charge in [0.05, 0.1) is 43.0 Å². The minimum Gasteiger partial charge on any atom is -0.497 e. The molecule has 8 nitrogen and oxygen atoms in total. The second kappa shape index (κ2) is 13.5. The van der Waals surface area contributed by atoms with Gasteiger partial charge in [-0.25, -0.2) is 14.6 Å². The fourth-order valence-electron chi connectivity index (χ4n) is 4.90. The van der Waals surface area contributed by atoms with Gasteiger partial charge in [0.1, 0.15) is 17.2 Å². The second-order valence-electron chi connectivity index (χ2n) is 10.4. The van der Waals surface area contributed by atoms with E-state index < -0.39 is 11.9 Å². The van der Waals surface area contributed by atoms with Gasteiger partial charge in [0.2, 0.25) is 0 Å². The molecule has 41 heavy (non-hydrogen) atoms. The van der Waals surface area contributed by atoms with Crippen molar-refractivity contribution in [3.05, 3.63) is 70.8 Å². The molecule has 0 unspecified atom stereocenters. The molecule has 4 rings (SSSR count). The smallest absolute Gasteiger partial charge is 0.344 e. The second-order valence-corrected chi connectivity index (χ2v) is 10.4. The third-order valence-electron chi connectivity index (χ3n) is 7.00. The number of unbranched alkanes of at least 4 members (excludes halogenated alkanes) is 3. The number of methoxy groups -OCH3 is 2. The fraction of sp³-hybridized carbons (Fsp3) is 0.364. The molecule has 0 amide bonds. The first-order valence-corrected chi connectivity index (χ1v) is 13.8. The van der Waals surface area contributed by atoms with E-state index in [0.717, 1.165) is 25.8 Å². The molecule has 0 radical (unpaired) electrons. The van der Waals surface area contributed by atoms with Crippen molar-refractivity contribution >= 4 is 33.7 Å². The number of carbonyl (C=O) groups is 2. The van der Waals surface area contributed by atoms with Crippen LogP contribution in [-0.4, -0.2) is 63.3 Å². The summed E-state index contributed by atoms with van der Waals surface area (Å²) in [6, 6.07) is 14.3. The Labute approximate surface area is 241 Å². The predicted molar refractivity (Wildman–Crippen MR) is 161 cm³/mol. The number of benzene rings is 3. The van der Waals surface area contributed by atoms with E-state index >= 15 is 0 Å². The minimum atomic E-state index is -0.536. The van der Waals surface area contributed by atoms with E-state index in [2.05, 4.69) is 19.0 Å². The molecular formula is C33H38N2O6. The average molecular weight is 559 g/mol. The lowest BCUT2D eigenvalue weighted by atomic mass is 10.0. The van der Waals surface area contributed by atoms with Gasteiger partial charge >= 0.3 is 11.9 Å². The van der Waals surface area contributed by atoms with Gasteiger partial charge in [-0.05, 0) is 107 Å². The van der Waals surface area contributed by atoms with Crippen LogP contribution in [0, 0.1) is 13.8 Å². The zero-order valence-electron chi connectivity index (χ0n) is 24.7. The van der Waals surface area contributed by atoms with Crippen LogP contribution in [-0.2, 0) is 4.74 Å². The number of ether oxygens (including phenoxy) is 4. The summed E-state index contributed by atoms with van der Waals surface area (Å²) in [5.41, 5.74) is 3.36. The molecule has 1 heterocycles. The van der Waals surface area contributed by atoms with E-state index in [0.29, 0.717) is 67.9 Å². The summed E-state index contributed by atoms with van der Waals surface area (Å²) >= 11 is 0. The van der Waals surface area contributed by atoms with E-state index in [1.54, 1.807) is 39.2 Å². The van der Waals surface area contributed by atoms with Crippen LogP contribution in [0.5, 0.6) is 17.2 Å². The standard InChI is InChI=1S/C33H38N2O6/c1-21-17-23(32(36)39-6)18-22(2)31(21)41-33(37)30-26-19-24(38-5)11-13-28(26)34-29-14-12-25(20-27(29)30)40-16-10-8-7-9-15-35(3)4/h11-14,17-20H,7-10,15-16H2,1-6H3. The Hall–Kier alpha value is -4.17. The molecule has 0 saturated heterocycles. The van der Waals surface area contributed by atoms with Crippen LogP contribution in [0.1, 0.15) is 57.5 Å². The third-order valence-corrected chi connectivity index (χ3v) is 7.00. The van der Waals surface area contributed by atoms with Crippen LogP contribution in [0.4, 0.5) is 0 Å². The van der Waals surface area contributed by atoms with Gasteiger partial charge in [0.25, 0.3) is 0 Å². The summed E-state index contributed by atoms with van der Waals surface area (Å²) in [6.45, 7) is 5.26. The van der Waals surface area contributed by atoms with E-state index in [-0.39, 0.29) is 0 Å². The van der Waals surface area contributed by atoms with Crippen molar-refractivity contribution in [1.29, 1.82) is 0 Å². The van der Waals surface area contributed by atoms with Crippen molar-refractivity contribution in [3.8, 4) is 17.2 Å². The maximum atomic E-state index is 13.9. The quantitative estimate of drug-likeness (QED) is 0.0841. The lowest BCUT2D eigenvalue weighted by Crippen LogP contribution is -2.13. The van der Waals surface area contributed by atoms with Gasteiger partial charge in [-0.3, -0.25) is 0 Å². The first kappa shape index (κ1) is 29.8. The monoisotopic (exact) mass is 558 g/mol. The number of nitrogens with zero attached hydrogens (tertiary/aromatic N) is 2. The Balaban J connectivity index is 1.67. The molecule has 0 saturated carbocycles. The highest BCUT2D eigenvalue weighted by Crippen LogP contribution is 2.33. The van der Waals surface area contributed by atoms with E-state index in [9.17, 15) is 9.59 Å². The minimum absolute atomic E-state index is 0.369. The highest BCUT2D eigenvalue weighted by atomic mass is 16.5. The topological polar surface area (TPSA) is 87.2 Å². The van der Waals surface area contributed by atoms with Gasteiger partial charge in [-0.2, -0.15) is 0 Å². The normalized spacial score (nSPS) is 11.2. The number of carbonyl (C=O) groups excluding carboxylic acids is 2. The number of esters is 2. The Morgan fingerprint density at radius 1 is 0.780 bits per heavy atom. The molecule has 3 aromatic carbocycles. The first-order valence-electron chi connectivity index (χ1n) is 13.8. The Morgan fingerprint density at radius 2 is 1.39 bits per heavy atom. The lowest BCUT2D eigenvalue weighted by molar-refractivity contribution is 0.0600. The van der Waals surface area contributed by atoms with Crippen LogP contribution < -0.4 is 14.2 Å². The van der Waals surface area contributed by atoms with Crippen LogP contribution in [0.3, 0.4) is 0 Å². The van der Waals surface area contributed by atoms with Gasteiger partial charge < -0.3 is 23.8 Å². The number of hydrogen-bond acceptors (Lipinski definition) is 8. The van der Waals surface area contributed by atoms with Gasteiger partial charge in [0.15, 0.2) is 0 Å². The molecule has 0 atom stereocenters. The maximum Gasteiger partial charge on any atom is 0.344 e. The predicted octanol–water partition coefficient (Wildman–Crippen LogP) is 6.52. The number of pyridine rings is 1. The molecule has 0 bridgehead atoms. The maximum absolute atomic E-state index is 13.9. The zero-order chi connectivity index (χ0) is 29.5. The Bertz CT molecular complexity index is 1540. The summed E-state index contributed by atoms with van der Waals surface area (Å²) in [5, 5.41) is 1.24. The number of fused-ring (bicyclic) bond motifs is 2. The van der Waals surface area contributed by atoms with Crippen molar-refractivity contribution in [2.75, 3.05) is 41.5 Å². The lowest BCUT2D eigenvalue weighted by Gasteiger charge is -2.15. The number of rotatable bonds is 12. The first-order chi connectivity index (χ1) is 19.7. The zero-order valence-corrected chi connectivity index (χ0v) is 24.7. The van der Waals surface area contributed by atoms with Crippen molar-refractivity contribution in [2.45, 2.75) is 39.5 Å². The molecule has 0 spiro atoms. The van der Waals surface area contributed by atoms with Gasteiger partial charge in [-0.1, -0.05) is 12.8 Å². The molecule has 4 aromatic rings. The molecule has 0 fully saturated rings. The van der Waals surface area contributed by atoms with Crippen molar-refractivity contribution in [3.63, 3.8) is 0 Å². The van der Waals surface area contributed by atoms with Crippen LogP contribution in [0.25, 0.3) is 21.8 Å². The average Bonchev–Trinajstić information content (AvgIpc) is 2.96. The summed E-state index contributed by atoms with van der Waals surface area (Å²) in [6.07, 6.45) is 4.37. The summed E-state index contributed by atoms with van der Waals surface area (Å²) in [5.74, 6) is 0.673. The summed E-state index contributed by atoms with van der Waals surface area (Å²) in [7, 11) is 7.09. The molecule has 8 heteroatoms. The fourth-order valence-corrected chi connectivity index (χ4v) is 4.90. The number of aryl methyl sites for hydroxylation is 2. The largest absolute Gasteiger partial charge is 0.497 e. The van der Waals surface area contributed by atoms with Crippen molar-refractivity contribution in [2.24, 2.45) is 0 Å².